The second-order valence-corrected chi connectivity index (χ2v) is 8.36. The van der Waals surface area contributed by atoms with Crippen molar-refractivity contribution in [3.8, 4) is 0 Å². The molecule has 1 aromatic carbocycles. The van der Waals surface area contributed by atoms with Gasteiger partial charge in [-0.05, 0) is 63.4 Å². The van der Waals surface area contributed by atoms with Crippen LogP contribution in [-0.4, -0.2) is 29.2 Å². The van der Waals surface area contributed by atoms with Gasteiger partial charge in [0.05, 0.1) is 11.2 Å². The van der Waals surface area contributed by atoms with Gasteiger partial charge in [-0.2, -0.15) is 0 Å². The van der Waals surface area contributed by atoms with Gasteiger partial charge in [0.25, 0.3) is 0 Å². The summed E-state index contributed by atoms with van der Waals surface area (Å²) < 4.78 is 12.3. The number of carbonyl (C=O) groups excluding carboxylic acids is 1. The van der Waals surface area contributed by atoms with Crippen LogP contribution in [0.25, 0.3) is 6.08 Å². The Bertz CT molecular complexity index is 654. The molecular weight excluding hydrogens is 321 g/mol. The molecule has 1 aliphatic rings. The summed E-state index contributed by atoms with van der Waals surface area (Å²) >= 11 is 1.26. The van der Waals surface area contributed by atoms with Gasteiger partial charge in [-0.3, -0.25) is 4.79 Å². The summed E-state index contributed by atoms with van der Waals surface area (Å²) in [4.78, 5) is 11.4. The summed E-state index contributed by atoms with van der Waals surface area (Å²) in [5.74, 6) is 0.528. The topological polar surface area (TPSA) is 61.6 Å². The van der Waals surface area contributed by atoms with Crippen molar-refractivity contribution in [1.29, 1.82) is 0 Å². The summed E-state index contributed by atoms with van der Waals surface area (Å²) in [7, 11) is -0.470. The minimum atomic E-state index is -0.470. The molecule has 1 heterocycles. The molecule has 0 saturated carbocycles. The van der Waals surface area contributed by atoms with Crippen molar-refractivity contribution in [2.45, 2.75) is 52.7 Å². The molecule has 2 N–H and O–H groups in total. The Morgan fingerprint density at radius 3 is 2.38 bits per heavy atom. The smallest absolute Gasteiger partial charge is 0.400 e. The molecule has 6 heteroatoms. The molecule has 1 fully saturated rings. The van der Waals surface area contributed by atoms with Crippen molar-refractivity contribution >= 4 is 35.8 Å². The first-order valence-electron chi connectivity index (χ1n) is 8.07. The van der Waals surface area contributed by atoms with Gasteiger partial charge >= 0.3 is 7.12 Å². The third-order valence-electron chi connectivity index (χ3n) is 4.64. The van der Waals surface area contributed by atoms with Crippen LogP contribution in [0.3, 0.4) is 0 Å². The van der Waals surface area contributed by atoms with E-state index in [2.05, 4.69) is 0 Å². The number of hydrogen-bond donors (Lipinski definition) is 1. The van der Waals surface area contributed by atoms with Crippen molar-refractivity contribution in [3.05, 3.63) is 34.8 Å². The highest BCUT2D eigenvalue weighted by Crippen LogP contribution is 2.39. The van der Waals surface area contributed by atoms with Gasteiger partial charge in [0.15, 0.2) is 5.12 Å². The van der Waals surface area contributed by atoms with E-state index in [1.54, 1.807) is 6.92 Å². The summed E-state index contributed by atoms with van der Waals surface area (Å²) in [6, 6.07) is 5.80. The number of aryl methyl sites for hydroxylation is 1. The predicted molar refractivity (Wildman–Crippen MR) is 103 cm³/mol. The molecule has 1 aliphatic heterocycles. The lowest BCUT2D eigenvalue weighted by Gasteiger charge is -2.32. The van der Waals surface area contributed by atoms with Gasteiger partial charge in [0.2, 0.25) is 0 Å². The number of nitrogen functional groups attached to an aromatic ring is 1. The van der Waals surface area contributed by atoms with Crippen molar-refractivity contribution in [2.75, 3.05) is 11.5 Å². The van der Waals surface area contributed by atoms with Crippen LogP contribution in [0.2, 0.25) is 0 Å². The molecule has 24 heavy (non-hydrogen) atoms. The maximum absolute atomic E-state index is 11.4. The molecule has 0 amide bonds. The zero-order chi connectivity index (χ0) is 18.1. The molecule has 4 nitrogen and oxygen atoms in total. The third-order valence-corrected chi connectivity index (χ3v) is 5.53. The Hall–Kier alpha value is -1.24. The molecule has 0 atom stereocenters. The number of hydrogen-bond acceptors (Lipinski definition) is 5. The van der Waals surface area contributed by atoms with Crippen molar-refractivity contribution in [2.24, 2.45) is 0 Å². The maximum Gasteiger partial charge on any atom is 0.491 e. The predicted octanol–water partition coefficient (Wildman–Crippen LogP) is 3.87. The average molecular weight is 347 g/mol. The van der Waals surface area contributed by atoms with Crippen LogP contribution in [-0.2, 0) is 14.1 Å². The van der Waals surface area contributed by atoms with Crippen LogP contribution < -0.4 is 5.73 Å². The maximum atomic E-state index is 11.4. The lowest BCUT2D eigenvalue weighted by molar-refractivity contribution is -0.109. The molecule has 1 saturated heterocycles. The number of rotatable bonds is 4. The van der Waals surface area contributed by atoms with E-state index in [1.165, 1.54) is 11.8 Å². The molecule has 0 spiro atoms. The minimum absolute atomic E-state index is 0.0710. The molecule has 1 aromatic rings. The van der Waals surface area contributed by atoms with E-state index in [0.29, 0.717) is 11.4 Å². The fourth-order valence-corrected chi connectivity index (χ4v) is 2.96. The lowest BCUT2D eigenvalue weighted by Crippen LogP contribution is -2.41. The average Bonchev–Trinajstić information content (AvgIpc) is 2.66. The summed E-state index contributed by atoms with van der Waals surface area (Å²) in [5, 5.41) is 0.0710. The number of thioether (sulfide) groups is 1. The highest BCUT2D eigenvalue weighted by atomic mass is 32.2. The van der Waals surface area contributed by atoms with Crippen LogP contribution in [0.5, 0.6) is 0 Å². The third kappa shape index (κ3) is 4.24. The second-order valence-electron chi connectivity index (χ2n) is 7.20. The summed E-state index contributed by atoms with van der Waals surface area (Å²) in [6.07, 6.45) is 2.03. The number of benzene rings is 1. The van der Waals surface area contributed by atoms with Gasteiger partial charge in [-0.25, -0.2) is 0 Å². The fraction of sp³-hybridized carbons (Fsp3) is 0.500. The van der Waals surface area contributed by atoms with Crippen LogP contribution in [0.15, 0.2) is 23.7 Å². The van der Waals surface area contributed by atoms with E-state index >= 15 is 0 Å². The normalized spacial score (nSPS) is 19.6. The standard InChI is InChI=1S/C18H26BNO3S/c1-12-7-8-16(20)10-14(12)9-15(11-24-13(2)21)19-22-17(3,4)18(5,6)23-19/h7-10H,11,20H2,1-6H3. The Balaban J connectivity index is 2.37. The molecule has 0 unspecified atom stereocenters. The van der Waals surface area contributed by atoms with E-state index in [9.17, 15) is 4.79 Å². The molecule has 0 aliphatic carbocycles. The molecule has 2 rings (SSSR count). The highest BCUT2D eigenvalue weighted by molar-refractivity contribution is 8.13. The monoisotopic (exact) mass is 347 g/mol. The SMILES string of the molecule is CC(=O)SCC(=Cc1cc(N)ccc1C)B1OC(C)(C)C(C)(C)O1. The van der Waals surface area contributed by atoms with Crippen LogP contribution in [0.1, 0.15) is 45.7 Å². The van der Waals surface area contributed by atoms with E-state index in [4.69, 9.17) is 15.0 Å². The zero-order valence-electron chi connectivity index (χ0n) is 15.3. The minimum Gasteiger partial charge on any atom is -0.400 e. The van der Waals surface area contributed by atoms with Crippen molar-refractivity contribution in [1.82, 2.24) is 0 Å². The Morgan fingerprint density at radius 2 is 1.83 bits per heavy atom. The van der Waals surface area contributed by atoms with Crippen LogP contribution in [0.4, 0.5) is 5.69 Å². The number of anilines is 1. The lowest BCUT2D eigenvalue weighted by atomic mass is 9.78. The molecule has 0 radical (unpaired) electrons. The van der Waals surface area contributed by atoms with E-state index in [-0.39, 0.29) is 5.12 Å². The van der Waals surface area contributed by atoms with Crippen LogP contribution >= 0.6 is 11.8 Å². The van der Waals surface area contributed by atoms with Crippen LogP contribution in [0, 0.1) is 6.92 Å². The van der Waals surface area contributed by atoms with Gasteiger partial charge in [0.1, 0.15) is 0 Å². The molecule has 0 bridgehead atoms. The zero-order valence-corrected chi connectivity index (χ0v) is 16.1. The first-order valence-corrected chi connectivity index (χ1v) is 9.06. The van der Waals surface area contributed by atoms with Crippen molar-refractivity contribution < 1.29 is 14.1 Å². The summed E-state index contributed by atoms with van der Waals surface area (Å²) in [6.45, 7) is 11.7. The molecule has 0 aromatic heterocycles. The van der Waals surface area contributed by atoms with Crippen molar-refractivity contribution in [3.63, 3.8) is 0 Å². The molecule has 130 valence electrons. The summed E-state index contributed by atoms with van der Waals surface area (Å²) in [5.41, 5.74) is 8.86. The highest BCUT2D eigenvalue weighted by Gasteiger charge is 2.52. The van der Waals surface area contributed by atoms with Gasteiger partial charge in [0, 0.05) is 18.4 Å². The number of carbonyl (C=O) groups is 1. The largest absolute Gasteiger partial charge is 0.491 e. The Kier molecular flexibility index (Phi) is 5.52. The van der Waals surface area contributed by atoms with Gasteiger partial charge < -0.3 is 15.0 Å². The quantitative estimate of drug-likeness (QED) is 0.662. The number of nitrogens with two attached hydrogens (primary N) is 1. The van der Waals surface area contributed by atoms with Gasteiger partial charge in [-0.15, -0.1) is 0 Å². The first kappa shape index (κ1) is 19.1. The molecular formula is C18H26BNO3S. The van der Waals surface area contributed by atoms with E-state index < -0.39 is 18.3 Å². The Morgan fingerprint density at radius 1 is 1.25 bits per heavy atom. The van der Waals surface area contributed by atoms with E-state index in [0.717, 1.165) is 16.6 Å². The van der Waals surface area contributed by atoms with Gasteiger partial charge in [-0.1, -0.05) is 23.9 Å². The fourth-order valence-electron chi connectivity index (χ4n) is 2.37. The van der Waals surface area contributed by atoms with E-state index in [1.807, 2.05) is 58.9 Å². The second kappa shape index (κ2) is 6.94. The first-order chi connectivity index (χ1) is 11.0. The Labute approximate surface area is 149 Å².